The molecule has 2 atom stereocenters. The average Bonchev–Trinajstić information content (AvgIpc) is 3.08. The average molecular weight is 639 g/mol. The van der Waals surface area contributed by atoms with Crippen molar-refractivity contribution in [1.29, 1.82) is 0 Å². The fraction of sp³-hybridized carbons (Fsp3) is 0.368. The highest BCUT2D eigenvalue weighted by atomic mass is 16.6. The molecule has 6 heterocycles. The molecule has 0 amide bonds. The lowest BCUT2D eigenvalue weighted by Gasteiger charge is -2.38. The number of rotatable bonds is 4. The molecule has 6 aliphatic rings. The topological polar surface area (TPSA) is 82.1 Å². The monoisotopic (exact) mass is 638 g/mol. The van der Waals surface area contributed by atoms with Crippen molar-refractivity contribution in [3.05, 3.63) is 88.0 Å². The molecule has 10 rings (SSSR count). The van der Waals surface area contributed by atoms with Gasteiger partial charge in [0.15, 0.2) is 34.5 Å². The van der Waals surface area contributed by atoms with Crippen molar-refractivity contribution in [3.8, 4) is 51.7 Å². The summed E-state index contributed by atoms with van der Waals surface area (Å²) in [7, 11) is 10.9. The zero-order valence-electron chi connectivity index (χ0n) is 27.9. The first kappa shape index (κ1) is 31.0. The second-order valence-corrected chi connectivity index (χ2v) is 12.6. The number of phenols is 1. The zero-order chi connectivity index (χ0) is 32.8. The van der Waals surface area contributed by atoms with Gasteiger partial charge in [0.05, 0.1) is 28.4 Å². The number of phenolic OH excluding ortho intramolecular Hbond substituents is 1. The third kappa shape index (κ3) is 5.47. The third-order valence-electron chi connectivity index (χ3n) is 9.96. The van der Waals surface area contributed by atoms with Gasteiger partial charge in [-0.2, -0.15) is 0 Å². The SMILES string of the molecule is COc1cc2c3c(OC)c1Oc1c(OC)c(OC)cc4c1[C@@H](Cc1ccc(O)c(c1)Oc1ccc(cc1)C[C@@H]2N(C)CC3)N(C)CC4. The second kappa shape index (κ2) is 12.5. The molecule has 0 saturated carbocycles. The molecule has 0 spiro atoms. The standard InChI is InChI=1S/C38H42N2O7/c1-39-16-14-26-27-21-33(43-4)37(35(26)44-5)47-38-34-24(20-32(42-3)36(38)45-6)13-15-40(2)29(34)18-23-9-12-30(41)31(19-23)46-25-10-7-22(8-11-25)17-28(27)39/h7-12,19-21,28-29,41H,13-18H2,1-6H3/t28-,29+/m0/s1. The van der Waals surface area contributed by atoms with Crippen LogP contribution >= 0.6 is 0 Å². The van der Waals surface area contributed by atoms with Gasteiger partial charge in [-0.15, -0.1) is 0 Å². The molecule has 4 aromatic carbocycles. The lowest BCUT2D eigenvalue weighted by molar-refractivity contribution is 0.218. The maximum absolute atomic E-state index is 10.8. The van der Waals surface area contributed by atoms with Crippen LogP contribution in [-0.2, 0) is 25.7 Å². The van der Waals surface area contributed by atoms with Crippen LogP contribution in [0.15, 0.2) is 54.6 Å². The molecule has 246 valence electrons. The van der Waals surface area contributed by atoms with Gasteiger partial charge in [0.1, 0.15) is 5.75 Å². The molecular formula is C38H42N2O7. The Morgan fingerprint density at radius 2 is 1.36 bits per heavy atom. The van der Waals surface area contributed by atoms with Crippen LogP contribution in [0.25, 0.3) is 0 Å². The van der Waals surface area contributed by atoms with Crippen LogP contribution in [0, 0.1) is 0 Å². The summed E-state index contributed by atoms with van der Waals surface area (Å²) in [6, 6.07) is 17.9. The van der Waals surface area contributed by atoms with Gasteiger partial charge >= 0.3 is 0 Å². The molecule has 8 bridgehead atoms. The number of hydrogen-bond acceptors (Lipinski definition) is 9. The van der Waals surface area contributed by atoms with E-state index in [-0.39, 0.29) is 17.8 Å². The van der Waals surface area contributed by atoms with E-state index in [1.807, 2.05) is 24.3 Å². The van der Waals surface area contributed by atoms with E-state index in [0.717, 1.165) is 60.2 Å². The molecule has 4 aromatic rings. The summed E-state index contributed by atoms with van der Waals surface area (Å²) in [4.78, 5) is 4.71. The normalized spacial score (nSPS) is 19.0. The molecule has 0 fully saturated rings. The van der Waals surface area contributed by atoms with E-state index in [2.05, 4.69) is 48.2 Å². The molecule has 1 N–H and O–H groups in total. The molecular weight excluding hydrogens is 596 g/mol. The largest absolute Gasteiger partial charge is 0.504 e. The number of aromatic hydroxyl groups is 1. The van der Waals surface area contributed by atoms with E-state index in [0.29, 0.717) is 52.4 Å². The minimum atomic E-state index is -0.0834. The lowest BCUT2D eigenvalue weighted by Crippen LogP contribution is -2.34. The van der Waals surface area contributed by atoms with E-state index >= 15 is 0 Å². The fourth-order valence-corrected chi connectivity index (χ4v) is 7.41. The Morgan fingerprint density at radius 3 is 2.09 bits per heavy atom. The summed E-state index contributed by atoms with van der Waals surface area (Å²) >= 11 is 0. The molecule has 0 unspecified atom stereocenters. The van der Waals surface area contributed by atoms with Crippen LogP contribution in [0.4, 0.5) is 0 Å². The van der Waals surface area contributed by atoms with Crippen LogP contribution < -0.4 is 28.4 Å². The Hall–Kier alpha value is -4.60. The fourth-order valence-electron chi connectivity index (χ4n) is 7.41. The van der Waals surface area contributed by atoms with Gasteiger partial charge in [-0.05, 0) is 98.4 Å². The first-order chi connectivity index (χ1) is 22.8. The summed E-state index contributed by atoms with van der Waals surface area (Å²) in [5, 5.41) is 10.8. The van der Waals surface area contributed by atoms with E-state index in [1.54, 1.807) is 34.5 Å². The molecule has 47 heavy (non-hydrogen) atoms. The van der Waals surface area contributed by atoms with E-state index < -0.39 is 0 Å². The van der Waals surface area contributed by atoms with Crippen LogP contribution in [-0.4, -0.2) is 70.5 Å². The van der Waals surface area contributed by atoms with Crippen LogP contribution in [0.5, 0.6) is 51.7 Å². The van der Waals surface area contributed by atoms with Gasteiger partial charge in [0, 0.05) is 36.3 Å². The van der Waals surface area contributed by atoms with Crippen molar-refractivity contribution >= 4 is 0 Å². The summed E-state index contributed by atoms with van der Waals surface area (Å²) in [6.45, 7) is 1.71. The minimum Gasteiger partial charge on any atom is -0.504 e. The van der Waals surface area contributed by atoms with Crippen molar-refractivity contribution in [2.24, 2.45) is 0 Å². The second-order valence-electron chi connectivity index (χ2n) is 12.6. The van der Waals surface area contributed by atoms with Gasteiger partial charge in [-0.3, -0.25) is 9.80 Å². The molecule has 6 aliphatic heterocycles. The summed E-state index contributed by atoms with van der Waals surface area (Å²) < 4.78 is 37.5. The van der Waals surface area contributed by atoms with Crippen molar-refractivity contribution in [2.45, 2.75) is 37.8 Å². The third-order valence-corrected chi connectivity index (χ3v) is 9.96. The van der Waals surface area contributed by atoms with Crippen LogP contribution in [0.2, 0.25) is 0 Å². The van der Waals surface area contributed by atoms with Crippen molar-refractivity contribution in [3.63, 3.8) is 0 Å². The molecule has 0 aliphatic carbocycles. The number of nitrogens with zero attached hydrogens (tertiary/aromatic N) is 2. The summed E-state index contributed by atoms with van der Waals surface area (Å²) in [5.41, 5.74) is 6.57. The quantitative estimate of drug-likeness (QED) is 0.258. The highest BCUT2D eigenvalue weighted by Crippen LogP contribution is 2.54. The first-order valence-corrected chi connectivity index (χ1v) is 16.1. The minimum absolute atomic E-state index is 0.0834. The van der Waals surface area contributed by atoms with Crippen molar-refractivity contribution in [2.75, 3.05) is 55.6 Å². The maximum Gasteiger partial charge on any atom is 0.211 e. The number of likely N-dealkylation sites (N-methyl/N-ethyl adjacent to an activating group) is 2. The van der Waals surface area contributed by atoms with Gasteiger partial charge in [-0.25, -0.2) is 0 Å². The molecule has 0 aromatic heterocycles. The summed E-state index contributed by atoms with van der Waals surface area (Å²) in [6.07, 6.45) is 3.03. The van der Waals surface area contributed by atoms with Crippen molar-refractivity contribution in [1.82, 2.24) is 9.80 Å². The lowest BCUT2D eigenvalue weighted by atomic mass is 9.87. The van der Waals surface area contributed by atoms with Crippen LogP contribution in [0.1, 0.15) is 45.5 Å². The Bertz CT molecular complexity index is 1810. The van der Waals surface area contributed by atoms with E-state index in [4.69, 9.17) is 28.4 Å². The first-order valence-electron chi connectivity index (χ1n) is 16.1. The zero-order valence-corrected chi connectivity index (χ0v) is 27.9. The predicted octanol–water partition coefficient (Wildman–Crippen LogP) is 6.87. The van der Waals surface area contributed by atoms with Crippen molar-refractivity contribution < 1.29 is 33.5 Å². The molecule has 0 saturated heterocycles. The molecule has 0 radical (unpaired) electrons. The van der Waals surface area contributed by atoms with Crippen LogP contribution in [0.3, 0.4) is 0 Å². The Labute approximate surface area is 276 Å². The Morgan fingerprint density at radius 1 is 0.681 bits per heavy atom. The van der Waals surface area contributed by atoms with Gasteiger partial charge in [0.25, 0.3) is 0 Å². The van der Waals surface area contributed by atoms with Gasteiger partial charge in [-0.1, -0.05) is 18.2 Å². The van der Waals surface area contributed by atoms with E-state index in [1.165, 1.54) is 5.56 Å². The number of hydrogen-bond donors (Lipinski definition) is 1. The van der Waals surface area contributed by atoms with E-state index in [9.17, 15) is 5.11 Å². The molecule has 9 nitrogen and oxygen atoms in total. The highest BCUT2D eigenvalue weighted by molar-refractivity contribution is 5.67. The number of benzene rings is 4. The number of methoxy groups -OCH3 is 4. The Kier molecular flexibility index (Phi) is 8.28. The number of ether oxygens (including phenoxy) is 6. The summed E-state index contributed by atoms with van der Waals surface area (Å²) in [5.74, 6) is 4.63. The smallest absolute Gasteiger partial charge is 0.211 e. The molecule has 9 heteroatoms. The van der Waals surface area contributed by atoms with Gasteiger partial charge < -0.3 is 33.5 Å². The maximum atomic E-state index is 10.8. The Balaban J connectivity index is 1.50. The predicted molar refractivity (Wildman–Crippen MR) is 179 cm³/mol. The highest BCUT2D eigenvalue weighted by Gasteiger charge is 2.36. The van der Waals surface area contributed by atoms with Gasteiger partial charge in [0.2, 0.25) is 11.5 Å².